The highest BCUT2D eigenvalue weighted by Gasteiger charge is 2.40. The molecule has 1 fully saturated rings. The summed E-state index contributed by atoms with van der Waals surface area (Å²) in [6.07, 6.45) is 0.705. The predicted octanol–water partition coefficient (Wildman–Crippen LogP) is 3.47. The number of hydrogen-bond acceptors (Lipinski definition) is 4. The number of nitrogens with zero attached hydrogens (tertiary/aromatic N) is 1. The zero-order chi connectivity index (χ0) is 19.7. The van der Waals surface area contributed by atoms with Gasteiger partial charge in [0.2, 0.25) is 5.91 Å². The number of halogens is 1. The van der Waals surface area contributed by atoms with Crippen molar-refractivity contribution >= 4 is 17.3 Å². The average Bonchev–Trinajstić information content (AvgIpc) is 2.73. The number of carbonyl (C=O) groups excluding carboxylic acids is 1. The maximum Gasteiger partial charge on any atom is 0.225 e. The summed E-state index contributed by atoms with van der Waals surface area (Å²) in [6.45, 7) is 6.58. The summed E-state index contributed by atoms with van der Waals surface area (Å²) in [4.78, 5) is 14.9. The van der Waals surface area contributed by atoms with Crippen molar-refractivity contribution in [2.75, 3.05) is 36.7 Å². The Morgan fingerprint density at radius 2 is 2.14 bits per heavy atom. The molecule has 5 nitrogen and oxygen atoms in total. The predicted molar refractivity (Wildman–Crippen MR) is 109 cm³/mol. The van der Waals surface area contributed by atoms with Crippen molar-refractivity contribution in [2.24, 2.45) is 5.92 Å². The van der Waals surface area contributed by atoms with Gasteiger partial charge in [-0.1, -0.05) is 18.2 Å². The molecule has 1 saturated heterocycles. The van der Waals surface area contributed by atoms with E-state index in [-0.39, 0.29) is 17.9 Å². The van der Waals surface area contributed by atoms with Gasteiger partial charge in [-0.05, 0) is 60.7 Å². The molecular weight excluding hydrogens is 357 g/mol. The molecule has 2 heterocycles. The topological polar surface area (TPSA) is 53.6 Å². The van der Waals surface area contributed by atoms with E-state index in [2.05, 4.69) is 28.4 Å². The molecule has 2 aromatic carbocycles. The van der Waals surface area contributed by atoms with E-state index in [1.54, 1.807) is 11.6 Å². The number of ether oxygens (including phenoxy) is 1. The first-order valence-electron chi connectivity index (χ1n) is 9.85. The standard InChI is InChI=1S/C22H26FN3O2/c1-3-24-22(27)19-10-16-6-5-15(18-12-17(25-23)7-4-14(18)2)11-20(16)26-8-9-28-13-21(19)26/h4-7,11-12,19,21,25H,3,8-10,13H2,1-2H3,(H,24,27). The van der Waals surface area contributed by atoms with Crippen molar-refractivity contribution in [3.8, 4) is 11.1 Å². The van der Waals surface area contributed by atoms with Gasteiger partial charge in [0.15, 0.2) is 0 Å². The summed E-state index contributed by atoms with van der Waals surface area (Å²) >= 11 is 0. The van der Waals surface area contributed by atoms with Crippen LogP contribution in [0.1, 0.15) is 18.1 Å². The van der Waals surface area contributed by atoms with Crippen molar-refractivity contribution in [3.05, 3.63) is 47.5 Å². The third-order valence-electron chi connectivity index (χ3n) is 5.81. The quantitative estimate of drug-likeness (QED) is 0.794. The van der Waals surface area contributed by atoms with Crippen LogP contribution in [0, 0.1) is 12.8 Å². The molecule has 0 aliphatic carbocycles. The Bertz CT molecular complexity index is 886. The first-order chi connectivity index (χ1) is 13.6. The van der Waals surface area contributed by atoms with Crippen LogP contribution in [0.15, 0.2) is 36.4 Å². The summed E-state index contributed by atoms with van der Waals surface area (Å²) in [5.74, 6) is -0.0188. The molecule has 2 unspecified atom stereocenters. The molecule has 2 aliphatic rings. The third-order valence-corrected chi connectivity index (χ3v) is 5.81. The van der Waals surface area contributed by atoms with Crippen LogP contribution in [-0.2, 0) is 16.0 Å². The molecule has 2 aromatic rings. The lowest BCUT2D eigenvalue weighted by atomic mass is 9.83. The minimum Gasteiger partial charge on any atom is -0.377 e. The van der Waals surface area contributed by atoms with E-state index in [1.165, 1.54) is 5.56 Å². The second-order valence-electron chi connectivity index (χ2n) is 7.51. The molecular formula is C22H26FN3O2. The zero-order valence-electron chi connectivity index (χ0n) is 16.3. The highest BCUT2D eigenvalue weighted by atomic mass is 19.2. The van der Waals surface area contributed by atoms with Crippen molar-refractivity contribution in [1.29, 1.82) is 0 Å². The lowest BCUT2D eigenvalue weighted by Gasteiger charge is -2.45. The average molecular weight is 383 g/mol. The Kier molecular flexibility index (Phi) is 5.22. The molecule has 0 aromatic heterocycles. The Balaban J connectivity index is 1.74. The highest BCUT2D eigenvalue weighted by Crippen LogP contribution is 2.39. The Morgan fingerprint density at radius 1 is 1.29 bits per heavy atom. The first kappa shape index (κ1) is 18.7. The van der Waals surface area contributed by atoms with Gasteiger partial charge in [0.25, 0.3) is 0 Å². The van der Waals surface area contributed by atoms with Gasteiger partial charge in [0.1, 0.15) is 0 Å². The maximum absolute atomic E-state index is 12.9. The smallest absolute Gasteiger partial charge is 0.225 e. The molecule has 0 bridgehead atoms. The van der Waals surface area contributed by atoms with Crippen LogP contribution >= 0.6 is 0 Å². The molecule has 0 spiro atoms. The third kappa shape index (κ3) is 3.33. The summed E-state index contributed by atoms with van der Waals surface area (Å²) in [5, 5.41) is 2.97. The number of amides is 1. The summed E-state index contributed by atoms with van der Waals surface area (Å²) in [5.41, 5.74) is 7.65. The van der Waals surface area contributed by atoms with Gasteiger partial charge >= 0.3 is 0 Å². The molecule has 28 heavy (non-hydrogen) atoms. The van der Waals surface area contributed by atoms with Crippen LogP contribution in [0.2, 0.25) is 0 Å². The molecule has 0 radical (unpaired) electrons. The molecule has 6 heteroatoms. The molecule has 0 saturated carbocycles. The normalized spacial score (nSPS) is 20.9. The SMILES string of the molecule is CCNC(=O)C1Cc2ccc(-c3cc(NF)ccc3C)cc2N2CCOCC12. The van der Waals surface area contributed by atoms with E-state index in [0.717, 1.165) is 28.9 Å². The molecule has 2 atom stereocenters. The summed E-state index contributed by atoms with van der Waals surface area (Å²) in [7, 11) is 0. The number of fused-ring (bicyclic) bond motifs is 3. The highest BCUT2D eigenvalue weighted by molar-refractivity contribution is 5.83. The van der Waals surface area contributed by atoms with Crippen LogP contribution < -0.4 is 15.8 Å². The van der Waals surface area contributed by atoms with Crippen molar-refractivity contribution in [2.45, 2.75) is 26.3 Å². The summed E-state index contributed by atoms with van der Waals surface area (Å²) < 4.78 is 18.6. The van der Waals surface area contributed by atoms with Gasteiger partial charge in [-0.15, -0.1) is 4.48 Å². The van der Waals surface area contributed by atoms with Crippen LogP contribution in [0.5, 0.6) is 0 Å². The van der Waals surface area contributed by atoms with E-state index in [9.17, 15) is 9.28 Å². The largest absolute Gasteiger partial charge is 0.377 e. The van der Waals surface area contributed by atoms with Crippen LogP contribution in [-0.4, -0.2) is 38.3 Å². The fourth-order valence-corrected chi connectivity index (χ4v) is 4.36. The fourth-order valence-electron chi connectivity index (χ4n) is 4.36. The number of nitrogens with one attached hydrogen (secondary N) is 2. The van der Waals surface area contributed by atoms with Gasteiger partial charge in [-0.25, -0.2) is 5.54 Å². The van der Waals surface area contributed by atoms with E-state index < -0.39 is 0 Å². The Morgan fingerprint density at radius 3 is 2.93 bits per heavy atom. The fraction of sp³-hybridized carbons (Fsp3) is 0.409. The van der Waals surface area contributed by atoms with E-state index >= 15 is 0 Å². The van der Waals surface area contributed by atoms with Crippen molar-refractivity contribution in [3.63, 3.8) is 0 Å². The Labute approximate surface area is 164 Å². The van der Waals surface area contributed by atoms with Gasteiger partial charge in [0, 0.05) is 18.8 Å². The Hall–Kier alpha value is -2.60. The monoisotopic (exact) mass is 383 g/mol. The van der Waals surface area contributed by atoms with Gasteiger partial charge in [-0.3, -0.25) is 4.79 Å². The number of aryl methyl sites for hydroxylation is 1. The van der Waals surface area contributed by atoms with E-state index in [1.807, 2.05) is 26.0 Å². The summed E-state index contributed by atoms with van der Waals surface area (Å²) in [6, 6.07) is 11.9. The van der Waals surface area contributed by atoms with Crippen LogP contribution in [0.3, 0.4) is 0 Å². The van der Waals surface area contributed by atoms with E-state index in [0.29, 0.717) is 31.9 Å². The lowest BCUT2D eigenvalue weighted by molar-refractivity contribution is -0.126. The second-order valence-corrected chi connectivity index (χ2v) is 7.51. The number of rotatable bonds is 4. The maximum atomic E-state index is 12.9. The number of benzene rings is 2. The first-order valence-corrected chi connectivity index (χ1v) is 9.85. The van der Waals surface area contributed by atoms with Gasteiger partial charge in [0.05, 0.1) is 30.9 Å². The van der Waals surface area contributed by atoms with Gasteiger partial charge < -0.3 is 15.0 Å². The molecule has 1 amide bonds. The molecule has 2 aliphatic heterocycles. The number of carbonyl (C=O) groups is 1. The lowest BCUT2D eigenvalue weighted by Crippen LogP contribution is -2.56. The molecule has 4 rings (SSSR count). The molecule has 148 valence electrons. The number of anilines is 2. The van der Waals surface area contributed by atoms with Crippen LogP contribution in [0.4, 0.5) is 15.9 Å². The zero-order valence-corrected chi connectivity index (χ0v) is 16.3. The van der Waals surface area contributed by atoms with Crippen molar-refractivity contribution < 1.29 is 14.0 Å². The minimum atomic E-state index is -0.112. The van der Waals surface area contributed by atoms with E-state index in [4.69, 9.17) is 4.74 Å². The van der Waals surface area contributed by atoms with Crippen LogP contribution in [0.25, 0.3) is 11.1 Å². The number of hydrogen-bond donors (Lipinski definition) is 2. The minimum absolute atomic E-state index is 0.0444. The van der Waals surface area contributed by atoms with Gasteiger partial charge in [-0.2, -0.15) is 0 Å². The van der Waals surface area contributed by atoms with Crippen molar-refractivity contribution in [1.82, 2.24) is 5.32 Å². The number of morpholine rings is 1. The molecule has 2 N–H and O–H groups in total. The second kappa shape index (κ2) is 7.80.